The lowest BCUT2D eigenvalue weighted by Crippen LogP contribution is -2.53. The molecule has 1 aromatic rings. The molecule has 128 valence electrons. The quantitative estimate of drug-likeness (QED) is 0.553. The van der Waals surface area contributed by atoms with E-state index in [1.54, 1.807) is 7.11 Å². The average molecular weight is 358 g/mol. The summed E-state index contributed by atoms with van der Waals surface area (Å²) < 4.78 is 5.46. The van der Waals surface area contributed by atoms with Crippen molar-refractivity contribution in [2.75, 3.05) is 13.7 Å². The minimum absolute atomic E-state index is 0.0430. The van der Waals surface area contributed by atoms with Crippen molar-refractivity contribution in [3.8, 4) is 5.75 Å². The van der Waals surface area contributed by atoms with Gasteiger partial charge in [-0.25, -0.2) is 0 Å². The number of fused-ring (bicyclic) bond motifs is 1. The van der Waals surface area contributed by atoms with E-state index in [1.807, 2.05) is 6.07 Å². The molecule has 0 saturated carbocycles. The van der Waals surface area contributed by atoms with Crippen molar-refractivity contribution in [2.45, 2.75) is 44.9 Å². The van der Waals surface area contributed by atoms with E-state index in [-0.39, 0.29) is 5.54 Å². The van der Waals surface area contributed by atoms with Gasteiger partial charge in [0.2, 0.25) is 0 Å². The van der Waals surface area contributed by atoms with E-state index in [0.717, 1.165) is 23.7 Å². The van der Waals surface area contributed by atoms with Crippen LogP contribution in [0.5, 0.6) is 5.75 Å². The molecule has 4 heteroatoms. The van der Waals surface area contributed by atoms with Gasteiger partial charge < -0.3 is 9.64 Å². The third-order valence-electron chi connectivity index (χ3n) is 5.41. The molecule has 0 spiro atoms. The zero-order chi connectivity index (χ0) is 17.7. The molecule has 3 rings (SSSR count). The van der Waals surface area contributed by atoms with Gasteiger partial charge in [-0.05, 0) is 53.8 Å². The maximum Gasteiger partial charge on any atom is 0.119 e. The van der Waals surface area contributed by atoms with Gasteiger partial charge in [0.25, 0.3) is 0 Å². The highest BCUT2D eigenvalue weighted by Gasteiger charge is 2.48. The molecule has 0 aliphatic carbocycles. The second-order valence-electron chi connectivity index (χ2n) is 8.04. The largest absolute Gasteiger partial charge is 0.497 e. The van der Waals surface area contributed by atoms with Crippen LogP contribution in [-0.4, -0.2) is 37.2 Å². The highest BCUT2D eigenvalue weighted by molar-refractivity contribution is 7.81. The molecule has 2 heterocycles. The molecule has 1 unspecified atom stereocenters. The van der Waals surface area contributed by atoms with Crippen molar-refractivity contribution < 1.29 is 4.74 Å². The molecule has 1 aromatic carbocycles. The summed E-state index contributed by atoms with van der Waals surface area (Å²) in [5, 5.41) is 1.37. The van der Waals surface area contributed by atoms with Crippen LogP contribution in [0.4, 0.5) is 0 Å². The second kappa shape index (κ2) is 5.85. The molecule has 1 atom stereocenters. The highest BCUT2D eigenvalue weighted by atomic mass is 32.1. The van der Waals surface area contributed by atoms with Gasteiger partial charge in [-0.15, -0.1) is 0 Å². The Morgan fingerprint density at radius 2 is 2.00 bits per heavy atom. The summed E-state index contributed by atoms with van der Waals surface area (Å²) in [6.07, 6.45) is 2.30. The molecule has 0 bridgehead atoms. The van der Waals surface area contributed by atoms with Crippen LogP contribution in [0.15, 0.2) is 41.6 Å². The van der Waals surface area contributed by atoms with Crippen LogP contribution in [0.3, 0.4) is 0 Å². The number of thiocarbonyl (C=S) groups is 1. The fourth-order valence-corrected chi connectivity index (χ4v) is 7.19. The van der Waals surface area contributed by atoms with E-state index < -0.39 is 8.07 Å². The molecule has 1 saturated heterocycles. The number of ether oxygens (including phenoxy) is 1. The standard InChI is InChI=1S/C20H27NOSSi/c1-14-17(15-9-7-10-16(13-15)22-3)18(24(4,5)6)19(23)21-12-8-11-20(14,21)2/h7,9-10,13H,1,8,11-12H2,2-6H3. The molecule has 1 fully saturated rings. The predicted octanol–water partition coefficient (Wildman–Crippen LogP) is 5.08. The van der Waals surface area contributed by atoms with Crippen LogP contribution in [0.25, 0.3) is 5.57 Å². The number of benzene rings is 1. The molecule has 0 N–H and O–H groups in total. The van der Waals surface area contributed by atoms with Crippen LogP contribution in [0.2, 0.25) is 19.6 Å². The number of hydrogen-bond acceptors (Lipinski definition) is 2. The smallest absolute Gasteiger partial charge is 0.119 e. The lowest BCUT2D eigenvalue weighted by Gasteiger charge is -2.47. The Labute approximate surface area is 152 Å². The van der Waals surface area contributed by atoms with Crippen molar-refractivity contribution >= 4 is 30.9 Å². The van der Waals surface area contributed by atoms with Gasteiger partial charge in [-0.2, -0.15) is 0 Å². The summed E-state index contributed by atoms with van der Waals surface area (Å²) >= 11 is 6.01. The number of hydrogen-bond donors (Lipinski definition) is 0. The van der Waals surface area contributed by atoms with Gasteiger partial charge in [-0.3, -0.25) is 0 Å². The van der Waals surface area contributed by atoms with Crippen molar-refractivity contribution in [2.24, 2.45) is 0 Å². The van der Waals surface area contributed by atoms with Gasteiger partial charge in [0.05, 0.1) is 20.7 Å². The van der Waals surface area contributed by atoms with Gasteiger partial charge >= 0.3 is 0 Å². The highest BCUT2D eigenvalue weighted by Crippen LogP contribution is 2.49. The normalized spacial score (nSPS) is 24.5. The zero-order valence-corrected chi connectivity index (χ0v) is 17.2. The Morgan fingerprint density at radius 1 is 1.29 bits per heavy atom. The topological polar surface area (TPSA) is 12.5 Å². The number of rotatable bonds is 3. The molecular weight excluding hydrogens is 330 g/mol. The summed E-state index contributed by atoms with van der Waals surface area (Å²) in [6, 6.07) is 8.34. The van der Waals surface area contributed by atoms with E-state index in [2.05, 4.69) is 56.2 Å². The first-order chi connectivity index (χ1) is 11.2. The SMILES string of the molecule is C=C1C(c2cccc(OC)c2)=C([Si](C)(C)C)C(=S)N2CCCC12C. The maximum absolute atomic E-state index is 6.01. The summed E-state index contributed by atoms with van der Waals surface area (Å²) in [5.41, 5.74) is 3.64. The number of methoxy groups -OCH3 is 1. The molecule has 0 radical (unpaired) electrons. The third-order valence-corrected chi connectivity index (χ3v) is 8.00. The lowest BCUT2D eigenvalue weighted by atomic mass is 9.80. The van der Waals surface area contributed by atoms with E-state index in [1.165, 1.54) is 28.3 Å². The molecular formula is C20H27NOSSi. The summed E-state index contributed by atoms with van der Waals surface area (Å²) in [4.78, 5) is 3.49. The third kappa shape index (κ3) is 2.56. The zero-order valence-electron chi connectivity index (χ0n) is 15.4. The van der Waals surface area contributed by atoms with Crippen molar-refractivity contribution in [1.29, 1.82) is 0 Å². The second-order valence-corrected chi connectivity index (χ2v) is 13.4. The Balaban J connectivity index is 2.29. The Morgan fingerprint density at radius 3 is 2.62 bits per heavy atom. The van der Waals surface area contributed by atoms with E-state index in [4.69, 9.17) is 17.0 Å². The number of nitrogens with zero attached hydrogens (tertiary/aromatic N) is 1. The first kappa shape index (κ1) is 17.4. The first-order valence-electron chi connectivity index (χ1n) is 8.61. The van der Waals surface area contributed by atoms with Crippen LogP contribution >= 0.6 is 12.2 Å². The molecule has 2 aliphatic heterocycles. The van der Waals surface area contributed by atoms with Crippen LogP contribution in [-0.2, 0) is 0 Å². The van der Waals surface area contributed by atoms with Gasteiger partial charge in [0.15, 0.2) is 0 Å². The molecule has 2 aliphatic rings. The Hall–Kier alpha value is -1.39. The molecule has 0 amide bonds. The van der Waals surface area contributed by atoms with Crippen LogP contribution < -0.4 is 4.74 Å². The molecule has 0 aromatic heterocycles. The van der Waals surface area contributed by atoms with E-state index in [0.29, 0.717) is 0 Å². The van der Waals surface area contributed by atoms with Crippen molar-refractivity contribution in [3.63, 3.8) is 0 Å². The van der Waals surface area contributed by atoms with Gasteiger partial charge in [-0.1, -0.05) is 50.6 Å². The first-order valence-corrected chi connectivity index (χ1v) is 12.5. The van der Waals surface area contributed by atoms with Crippen LogP contribution in [0, 0.1) is 0 Å². The fourth-order valence-electron chi connectivity index (χ4n) is 4.06. The van der Waals surface area contributed by atoms with Gasteiger partial charge in [0.1, 0.15) is 10.7 Å². The summed E-state index contributed by atoms with van der Waals surface area (Å²) in [6.45, 7) is 15.0. The minimum atomic E-state index is -1.63. The monoisotopic (exact) mass is 357 g/mol. The predicted molar refractivity (Wildman–Crippen MR) is 109 cm³/mol. The van der Waals surface area contributed by atoms with Gasteiger partial charge in [0, 0.05) is 6.54 Å². The van der Waals surface area contributed by atoms with Crippen molar-refractivity contribution in [3.05, 3.63) is 47.2 Å². The van der Waals surface area contributed by atoms with E-state index in [9.17, 15) is 0 Å². The Bertz CT molecular complexity index is 746. The fraction of sp³-hybridized carbons (Fsp3) is 0.450. The molecule has 2 nitrogen and oxygen atoms in total. The van der Waals surface area contributed by atoms with E-state index >= 15 is 0 Å². The van der Waals surface area contributed by atoms with Crippen molar-refractivity contribution in [1.82, 2.24) is 4.90 Å². The average Bonchev–Trinajstić information content (AvgIpc) is 2.93. The van der Waals surface area contributed by atoms with Crippen LogP contribution in [0.1, 0.15) is 25.3 Å². The summed E-state index contributed by atoms with van der Waals surface area (Å²) in [7, 11) is 0.0831. The molecule has 24 heavy (non-hydrogen) atoms. The Kier molecular flexibility index (Phi) is 4.25. The lowest BCUT2D eigenvalue weighted by molar-refractivity contribution is 0.312. The summed E-state index contributed by atoms with van der Waals surface area (Å²) in [5.74, 6) is 0.882. The maximum atomic E-state index is 6.01. The minimum Gasteiger partial charge on any atom is -0.497 e.